The van der Waals surface area contributed by atoms with E-state index in [4.69, 9.17) is 9.47 Å². The van der Waals surface area contributed by atoms with Crippen molar-refractivity contribution in [2.45, 2.75) is 17.7 Å². The minimum absolute atomic E-state index is 0.140. The van der Waals surface area contributed by atoms with Gasteiger partial charge in [0.2, 0.25) is 0 Å². The molecule has 0 aromatic heterocycles. The van der Waals surface area contributed by atoms with Gasteiger partial charge in [0, 0.05) is 11.6 Å². The summed E-state index contributed by atoms with van der Waals surface area (Å²) in [4.78, 5) is 24.8. The summed E-state index contributed by atoms with van der Waals surface area (Å²) >= 11 is 13.5. The number of carbonyl (C=O) groups is 2. The summed E-state index contributed by atoms with van der Waals surface area (Å²) in [6.07, 6.45) is 4.00. The van der Waals surface area contributed by atoms with E-state index in [9.17, 15) is 22.6 Å². The largest absolute Gasteiger partial charge is 0.744 e. The molecule has 7 nitrogen and oxygen atoms in total. The lowest BCUT2D eigenvalue weighted by Crippen LogP contribution is -2.27. The Labute approximate surface area is 242 Å². The highest BCUT2D eigenvalue weighted by atomic mass is 127. The molecule has 33 heavy (non-hydrogen) atoms. The quantitative estimate of drug-likeness (QED) is 0.116. The number of hydrogen-bond acceptors (Lipinski definition) is 7. The zero-order valence-corrected chi connectivity index (χ0v) is 26.1. The maximum absolute atomic E-state index is 12.6. The van der Waals surface area contributed by atoms with E-state index in [1.807, 2.05) is 0 Å². The summed E-state index contributed by atoms with van der Waals surface area (Å²) in [6, 6.07) is 6.17. The van der Waals surface area contributed by atoms with Gasteiger partial charge >= 0.3 is 11.9 Å². The highest BCUT2D eigenvalue weighted by Crippen LogP contribution is 2.37. The van der Waals surface area contributed by atoms with Crippen molar-refractivity contribution < 1.29 is 32.0 Å². The Hall–Kier alpha value is -0.0700. The zero-order valence-electron chi connectivity index (χ0n) is 16.2. The average molecular weight is 890 g/mol. The maximum Gasteiger partial charge on any atom is 0.318 e. The van der Waals surface area contributed by atoms with Gasteiger partial charge in [-0.05, 0) is 114 Å². The third-order valence-electron chi connectivity index (χ3n) is 4.58. The Morgan fingerprint density at radius 2 is 1.33 bits per heavy atom. The van der Waals surface area contributed by atoms with Crippen molar-refractivity contribution in [2.24, 2.45) is 11.8 Å². The monoisotopic (exact) mass is 887 g/mol. The zero-order chi connectivity index (χ0) is 24.5. The minimum Gasteiger partial charge on any atom is -0.744 e. The number of esters is 2. The Morgan fingerprint density at radius 1 is 0.879 bits per heavy atom. The summed E-state index contributed by atoms with van der Waals surface area (Å²) in [5, 5.41) is 0. The molecule has 0 amide bonds. The van der Waals surface area contributed by atoms with Crippen LogP contribution in [0.2, 0.25) is 0 Å². The van der Waals surface area contributed by atoms with Crippen LogP contribution in [0.5, 0.6) is 11.5 Å². The van der Waals surface area contributed by atoms with E-state index < -0.39 is 33.9 Å². The summed E-state index contributed by atoms with van der Waals surface area (Å²) < 4.78 is 47.4. The fourth-order valence-corrected chi connectivity index (χ4v) is 9.39. The van der Waals surface area contributed by atoms with Crippen molar-refractivity contribution in [2.75, 3.05) is 0 Å². The van der Waals surface area contributed by atoms with E-state index in [-0.39, 0.29) is 17.8 Å². The molecule has 0 radical (unpaired) electrons. The molecule has 2 atom stereocenters. The van der Waals surface area contributed by atoms with Crippen molar-refractivity contribution in [1.82, 2.24) is 0 Å². The third kappa shape index (κ3) is 7.00. The van der Waals surface area contributed by atoms with Crippen LogP contribution in [0.4, 0.5) is 0 Å². The lowest BCUT2D eigenvalue weighted by atomic mass is 9.88. The van der Waals surface area contributed by atoms with Gasteiger partial charge in [0.15, 0.2) is 5.75 Å². The first-order chi connectivity index (χ1) is 15.4. The first-order valence-electron chi connectivity index (χ1n) is 9.08. The van der Waals surface area contributed by atoms with Crippen molar-refractivity contribution in [1.29, 1.82) is 0 Å². The summed E-state index contributed by atoms with van der Waals surface area (Å²) in [7, 11) is -4.64. The lowest BCUT2D eigenvalue weighted by molar-refractivity contribution is -0.140. The van der Waals surface area contributed by atoms with Crippen molar-refractivity contribution in [3.05, 3.63) is 57.0 Å². The van der Waals surface area contributed by atoms with Crippen LogP contribution in [-0.2, 0) is 19.7 Å². The van der Waals surface area contributed by atoms with Gasteiger partial charge < -0.3 is 14.0 Å². The van der Waals surface area contributed by atoms with Gasteiger partial charge in [-0.2, -0.15) is 0 Å². The van der Waals surface area contributed by atoms with Gasteiger partial charge in [-0.1, -0.05) is 28.1 Å². The second-order valence-corrected chi connectivity index (χ2v) is 13.2. The van der Waals surface area contributed by atoms with Crippen LogP contribution in [0.3, 0.4) is 0 Å². The van der Waals surface area contributed by atoms with E-state index in [2.05, 4.69) is 47.8 Å². The number of benzene rings is 2. The molecular weight excluding hydrogens is 878 g/mol. The number of halogens is 5. The Bertz CT molecular complexity index is 1220. The number of hydrogen-bond donors (Lipinski definition) is 0. The van der Waals surface area contributed by atoms with Gasteiger partial charge in [-0.25, -0.2) is 8.42 Å². The summed E-state index contributed by atoms with van der Waals surface area (Å²) in [5.41, 5.74) is 0. The standard InChI is InChI=1S/C20H13Br3I2O7S/c21-11-5-13(22)17(14(23)6-11)32-20(27)10-3-1-9(2-4-10)19(26)31-12-7-15(24)18(16(25)8-12)33(28,29)30/h1,3,5-10H,2,4H2,(H,28,29,30)/p-1. The van der Waals surface area contributed by atoms with Crippen molar-refractivity contribution in [3.63, 3.8) is 0 Å². The van der Waals surface area contributed by atoms with Crippen LogP contribution < -0.4 is 9.47 Å². The SMILES string of the molecule is O=C(Oc1cc(I)c(S(=O)(=O)[O-])c(I)c1)C1C=CC(C(=O)Oc2c(Br)cc(Br)cc2Br)CC1. The predicted molar refractivity (Wildman–Crippen MR) is 146 cm³/mol. The van der Waals surface area contributed by atoms with E-state index >= 15 is 0 Å². The molecule has 0 saturated carbocycles. The van der Waals surface area contributed by atoms with Crippen LogP contribution in [-0.4, -0.2) is 24.9 Å². The molecule has 176 valence electrons. The smallest absolute Gasteiger partial charge is 0.318 e. The molecule has 2 aromatic rings. The predicted octanol–water partition coefficient (Wildman–Crippen LogP) is 6.18. The summed E-state index contributed by atoms with van der Waals surface area (Å²) in [5.74, 6) is -1.56. The third-order valence-corrected chi connectivity index (χ3v) is 9.59. The van der Waals surface area contributed by atoms with Crippen LogP contribution >= 0.6 is 93.0 Å². The van der Waals surface area contributed by atoms with Gasteiger partial charge in [0.25, 0.3) is 0 Å². The molecule has 1 aliphatic rings. The second kappa shape index (κ2) is 11.3. The van der Waals surface area contributed by atoms with Crippen molar-refractivity contribution >= 4 is 115 Å². The molecule has 0 saturated heterocycles. The van der Waals surface area contributed by atoms with E-state index in [0.717, 1.165) is 4.47 Å². The Balaban J connectivity index is 1.66. The van der Waals surface area contributed by atoms with E-state index in [1.54, 1.807) is 69.5 Å². The van der Waals surface area contributed by atoms with Gasteiger partial charge in [0.1, 0.15) is 15.9 Å². The number of rotatable bonds is 5. The first kappa shape index (κ1) is 27.5. The fourth-order valence-electron chi connectivity index (χ4n) is 3.04. The maximum atomic E-state index is 12.6. The Morgan fingerprint density at radius 3 is 1.76 bits per heavy atom. The molecule has 0 spiro atoms. The number of carbonyl (C=O) groups excluding carboxylic acids is 2. The molecule has 0 aliphatic heterocycles. The Kier molecular flexibility index (Phi) is 9.44. The van der Waals surface area contributed by atoms with Crippen LogP contribution in [0, 0.1) is 19.0 Å². The van der Waals surface area contributed by atoms with Gasteiger partial charge in [0.05, 0.1) is 25.7 Å². The highest BCUT2D eigenvalue weighted by molar-refractivity contribution is 14.1. The molecule has 2 unspecified atom stereocenters. The normalized spacial score (nSPS) is 18.1. The molecule has 0 bridgehead atoms. The highest BCUT2D eigenvalue weighted by Gasteiger charge is 2.29. The average Bonchev–Trinajstić information content (AvgIpc) is 2.69. The fraction of sp³-hybridized carbons (Fsp3) is 0.200. The second-order valence-electron chi connectivity index (χ2n) is 6.89. The van der Waals surface area contributed by atoms with Crippen LogP contribution in [0.25, 0.3) is 0 Å². The van der Waals surface area contributed by atoms with Gasteiger partial charge in [-0.3, -0.25) is 9.59 Å². The van der Waals surface area contributed by atoms with E-state index in [1.165, 1.54) is 12.1 Å². The van der Waals surface area contributed by atoms with Gasteiger partial charge in [-0.15, -0.1) is 0 Å². The molecule has 0 heterocycles. The van der Waals surface area contributed by atoms with Crippen LogP contribution in [0.15, 0.2) is 54.7 Å². The molecule has 2 aromatic carbocycles. The lowest BCUT2D eigenvalue weighted by Gasteiger charge is -2.21. The number of ether oxygens (including phenoxy) is 2. The van der Waals surface area contributed by atoms with Crippen LogP contribution in [0.1, 0.15) is 12.8 Å². The van der Waals surface area contributed by atoms with E-state index in [0.29, 0.717) is 27.5 Å². The topological polar surface area (TPSA) is 110 Å². The van der Waals surface area contributed by atoms with Crippen molar-refractivity contribution in [3.8, 4) is 11.5 Å². The molecular formula is C20H12Br3I2O7S-. The first-order valence-corrected chi connectivity index (χ1v) is 15.0. The molecule has 3 rings (SSSR count). The molecule has 0 fully saturated rings. The summed E-state index contributed by atoms with van der Waals surface area (Å²) in [6.45, 7) is 0. The minimum atomic E-state index is -4.64. The molecule has 1 aliphatic carbocycles. The molecule has 13 heteroatoms. The molecule has 0 N–H and O–H groups in total.